The van der Waals surface area contributed by atoms with Crippen molar-refractivity contribution in [3.05, 3.63) is 59.9 Å². The quantitative estimate of drug-likeness (QED) is 0.725. The number of hydrogen-bond acceptors (Lipinski definition) is 4. The maximum Gasteiger partial charge on any atom is 0.223 e. The molecule has 6 heteroatoms. The molecule has 1 N–H and O–H groups in total. The summed E-state index contributed by atoms with van der Waals surface area (Å²) in [6.45, 7) is 3.39. The minimum Gasteiger partial charge on any atom is -0.444 e. The van der Waals surface area contributed by atoms with E-state index in [1.54, 1.807) is 12.1 Å². The van der Waals surface area contributed by atoms with Gasteiger partial charge in [0, 0.05) is 12.5 Å². The Hall–Kier alpha value is -2.73. The molecule has 0 aliphatic carbocycles. The van der Waals surface area contributed by atoms with Crippen LogP contribution in [0.2, 0.25) is 0 Å². The molecule has 0 atom stereocenters. The number of carbonyl (C=O) groups is 1. The largest absolute Gasteiger partial charge is 0.444 e. The maximum atomic E-state index is 13.2. The van der Waals surface area contributed by atoms with Crippen LogP contribution in [0.3, 0.4) is 0 Å². The van der Waals surface area contributed by atoms with E-state index in [1.807, 2.05) is 31.2 Å². The molecular formula is C18H15FN2O2S. The van der Waals surface area contributed by atoms with Crippen molar-refractivity contribution in [2.75, 3.05) is 5.32 Å². The van der Waals surface area contributed by atoms with E-state index in [4.69, 9.17) is 4.74 Å². The molecule has 1 aromatic heterocycles. The Morgan fingerprint density at radius 1 is 1.21 bits per heavy atom. The van der Waals surface area contributed by atoms with Gasteiger partial charge in [-0.15, -0.1) is 0 Å². The van der Waals surface area contributed by atoms with Gasteiger partial charge in [0.1, 0.15) is 17.3 Å². The van der Waals surface area contributed by atoms with Crippen molar-refractivity contribution in [3.63, 3.8) is 0 Å². The molecule has 0 saturated carbocycles. The number of nitrogens with zero attached hydrogens (tertiary/aromatic N) is 1. The van der Waals surface area contributed by atoms with Gasteiger partial charge >= 0.3 is 0 Å². The Kier molecular flexibility index (Phi) is 4.57. The van der Waals surface area contributed by atoms with Crippen LogP contribution < -0.4 is 10.1 Å². The summed E-state index contributed by atoms with van der Waals surface area (Å²) in [6, 6.07) is 13.6. The smallest absolute Gasteiger partial charge is 0.223 e. The van der Waals surface area contributed by atoms with E-state index >= 15 is 0 Å². The molecule has 0 aliphatic rings. The molecule has 2 aromatic carbocycles. The number of benzene rings is 2. The molecule has 0 bridgehead atoms. The fraction of sp³-hybridized carbons (Fsp3) is 0.111. The lowest BCUT2D eigenvalue weighted by molar-refractivity contribution is -0.114. The van der Waals surface area contributed by atoms with Crippen molar-refractivity contribution in [3.8, 4) is 22.1 Å². The van der Waals surface area contributed by atoms with Crippen molar-refractivity contribution in [2.24, 2.45) is 0 Å². The number of anilines is 1. The molecule has 0 spiro atoms. The number of rotatable bonds is 4. The molecule has 4 nitrogen and oxygen atoms in total. The third kappa shape index (κ3) is 3.78. The van der Waals surface area contributed by atoms with Crippen LogP contribution >= 0.6 is 11.3 Å². The summed E-state index contributed by atoms with van der Waals surface area (Å²) in [5, 5.41) is 3.63. The molecule has 0 fully saturated rings. The molecule has 0 radical (unpaired) electrons. The fourth-order valence-electron chi connectivity index (χ4n) is 2.16. The van der Waals surface area contributed by atoms with Crippen molar-refractivity contribution >= 4 is 22.4 Å². The predicted octanol–water partition coefficient (Wildman–Crippen LogP) is 5.01. The van der Waals surface area contributed by atoms with E-state index in [2.05, 4.69) is 10.3 Å². The molecule has 1 amide bonds. The summed E-state index contributed by atoms with van der Waals surface area (Å²) < 4.78 is 19.1. The molecule has 3 aromatic rings. The van der Waals surface area contributed by atoms with Crippen LogP contribution in [0, 0.1) is 12.7 Å². The molecule has 122 valence electrons. The second-order valence-electron chi connectivity index (χ2n) is 5.26. The lowest BCUT2D eigenvalue weighted by atomic mass is 10.2. The molecule has 0 unspecified atom stereocenters. The van der Waals surface area contributed by atoms with Gasteiger partial charge in [0.25, 0.3) is 0 Å². The zero-order valence-corrected chi connectivity index (χ0v) is 14.0. The van der Waals surface area contributed by atoms with Gasteiger partial charge in [0.2, 0.25) is 11.0 Å². The number of halogens is 1. The Bertz CT molecular complexity index is 875. The summed E-state index contributed by atoms with van der Waals surface area (Å²) in [6.07, 6.45) is 0. The van der Waals surface area contributed by atoms with Crippen LogP contribution in [0.15, 0.2) is 48.5 Å². The topological polar surface area (TPSA) is 51.2 Å². The number of thiazole rings is 1. The molecule has 0 aliphatic heterocycles. The van der Waals surface area contributed by atoms with Crippen molar-refractivity contribution in [1.29, 1.82) is 0 Å². The van der Waals surface area contributed by atoms with E-state index in [0.29, 0.717) is 27.2 Å². The van der Waals surface area contributed by atoms with Gasteiger partial charge in [-0.2, -0.15) is 0 Å². The number of aromatic nitrogens is 1. The minimum atomic E-state index is -0.322. The Balaban J connectivity index is 2.00. The van der Waals surface area contributed by atoms with Crippen LogP contribution in [-0.4, -0.2) is 10.9 Å². The lowest BCUT2D eigenvalue weighted by Crippen LogP contribution is -2.04. The Labute approximate surface area is 142 Å². The number of amides is 1. The SMILES string of the molecule is CC(=O)Nc1nc(-c2ccc(F)cc2)c(Oc2cccc(C)c2)s1. The summed E-state index contributed by atoms with van der Waals surface area (Å²) in [5.41, 5.74) is 2.35. The third-order valence-corrected chi connectivity index (χ3v) is 4.05. The van der Waals surface area contributed by atoms with Crippen LogP contribution in [0.1, 0.15) is 12.5 Å². The zero-order chi connectivity index (χ0) is 17.1. The third-order valence-electron chi connectivity index (χ3n) is 3.20. The average molecular weight is 342 g/mol. The summed E-state index contributed by atoms with van der Waals surface area (Å²) >= 11 is 1.23. The monoisotopic (exact) mass is 342 g/mol. The van der Waals surface area contributed by atoms with E-state index in [1.165, 1.54) is 30.4 Å². The van der Waals surface area contributed by atoms with Crippen LogP contribution in [0.25, 0.3) is 11.3 Å². The van der Waals surface area contributed by atoms with Crippen molar-refractivity contribution in [1.82, 2.24) is 4.98 Å². The minimum absolute atomic E-state index is 0.212. The van der Waals surface area contributed by atoms with Gasteiger partial charge in [-0.3, -0.25) is 4.79 Å². The number of ether oxygens (including phenoxy) is 1. The molecule has 0 saturated heterocycles. The predicted molar refractivity (Wildman–Crippen MR) is 93.1 cm³/mol. The molecule has 24 heavy (non-hydrogen) atoms. The van der Waals surface area contributed by atoms with E-state index in [0.717, 1.165) is 5.56 Å². The highest BCUT2D eigenvalue weighted by molar-refractivity contribution is 7.18. The molecule has 3 rings (SSSR count). The fourth-order valence-corrected chi connectivity index (χ4v) is 3.06. The molecule has 1 heterocycles. The van der Waals surface area contributed by atoms with E-state index < -0.39 is 0 Å². The van der Waals surface area contributed by atoms with Crippen LogP contribution in [0.4, 0.5) is 9.52 Å². The second-order valence-corrected chi connectivity index (χ2v) is 6.22. The number of nitrogens with one attached hydrogen (secondary N) is 1. The van der Waals surface area contributed by atoms with Crippen LogP contribution in [-0.2, 0) is 4.79 Å². The van der Waals surface area contributed by atoms with Crippen LogP contribution in [0.5, 0.6) is 10.8 Å². The highest BCUT2D eigenvalue weighted by Crippen LogP contribution is 2.40. The van der Waals surface area contributed by atoms with Gasteiger partial charge in [-0.1, -0.05) is 23.5 Å². The Morgan fingerprint density at radius 2 is 1.96 bits per heavy atom. The summed E-state index contributed by atoms with van der Waals surface area (Å²) in [5.74, 6) is 0.144. The normalized spacial score (nSPS) is 10.5. The second kappa shape index (κ2) is 6.80. The van der Waals surface area contributed by atoms with Gasteiger partial charge in [0.15, 0.2) is 5.13 Å². The molecular weight excluding hydrogens is 327 g/mol. The van der Waals surface area contributed by atoms with Crippen molar-refractivity contribution in [2.45, 2.75) is 13.8 Å². The maximum absolute atomic E-state index is 13.2. The number of carbonyl (C=O) groups excluding carboxylic acids is 1. The first-order chi connectivity index (χ1) is 11.5. The number of aryl methyl sites for hydroxylation is 1. The summed E-state index contributed by atoms with van der Waals surface area (Å²) in [7, 11) is 0. The lowest BCUT2D eigenvalue weighted by Gasteiger charge is -2.06. The standard InChI is InChI=1S/C18H15FN2O2S/c1-11-4-3-5-15(10-11)23-17-16(13-6-8-14(19)9-7-13)21-18(24-17)20-12(2)22/h3-10H,1-2H3,(H,20,21,22). The van der Waals surface area contributed by atoms with Crippen molar-refractivity contribution < 1.29 is 13.9 Å². The van der Waals surface area contributed by atoms with Gasteiger partial charge < -0.3 is 10.1 Å². The highest BCUT2D eigenvalue weighted by Gasteiger charge is 2.16. The first kappa shape index (κ1) is 16.1. The van der Waals surface area contributed by atoms with Gasteiger partial charge in [-0.05, 0) is 48.9 Å². The van der Waals surface area contributed by atoms with Gasteiger partial charge in [-0.25, -0.2) is 9.37 Å². The zero-order valence-electron chi connectivity index (χ0n) is 13.2. The van der Waals surface area contributed by atoms with E-state index in [-0.39, 0.29) is 11.7 Å². The van der Waals surface area contributed by atoms with Gasteiger partial charge in [0.05, 0.1) is 0 Å². The Morgan fingerprint density at radius 3 is 2.62 bits per heavy atom. The average Bonchev–Trinajstić information content (AvgIpc) is 2.89. The first-order valence-corrected chi connectivity index (χ1v) is 8.12. The highest BCUT2D eigenvalue weighted by atomic mass is 32.1. The first-order valence-electron chi connectivity index (χ1n) is 7.30. The van der Waals surface area contributed by atoms with E-state index in [9.17, 15) is 9.18 Å². The summed E-state index contributed by atoms with van der Waals surface area (Å²) in [4.78, 5) is 15.7. The number of hydrogen-bond donors (Lipinski definition) is 1.